The average molecular weight is 411 g/mol. The first-order chi connectivity index (χ1) is 14.1. The highest BCUT2D eigenvalue weighted by atomic mass is 35.5. The molecule has 0 atom stereocenters. The first kappa shape index (κ1) is 19.3. The van der Waals surface area contributed by atoms with Gasteiger partial charge in [0.2, 0.25) is 5.91 Å². The third-order valence-corrected chi connectivity index (χ3v) is 5.27. The van der Waals surface area contributed by atoms with E-state index >= 15 is 0 Å². The molecule has 0 spiro atoms. The molecule has 0 saturated carbocycles. The van der Waals surface area contributed by atoms with Crippen LogP contribution >= 0.6 is 11.6 Å². The summed E-state index contributed by atoms with van der Waals surface area (Å²) in [6.07, 6.45) is 1.89. The Morgan fingerprint density at radius 1 is 0.966 bits per heavy atom. The zero-order chi connectivity index (χ0) is 20.2. The van der Waals surface area contributed by atoms with Crippen molar-refractivity contribution in [2.24, 2.45) is 0 Å². The van der Waals surface area contributed by atoms with Crippen LogP contribution in [0.15, 0.2) is 60.9 Å². The minimum absolute atomic E-state index is 0.113. The van der Waals surface area contributed by atoms with Gasteiger partial charge in [-0.15, -0.1) is 0 Å². The molecule has 0 N–H and O–H groups in total. The second-order valence-electron chi connectivity index (χ2n) is 6.94. The third kappa shape index (κ3) is 4.71. The van der Waals surface area contributed by atoms with Crippen molar-refractivity contribution < 1.29 is 9.18 Å². The molecule has 1 saturated heterocycles. The van der Waals surface area contributed by atoms with Crippen LogP contribution in [0.3, 0.4) is 0 Å². The Labute approximate surface area is 173 Å². The lowest BCUT2D eigenvalue weighted by Gasteiger charge is -2.35. The van der Waals surface area contributed by atoms with Crippen molar-refractivity contribution in [3.8, 4) is 11.3 Å². The molecule has 1 aliphatic heterocycles. The molecule has 3 aromatic rings. The molecule has 1 aliphatic rings. The number of carbonyl (C=O) groups excluding carboxylic acids is 1. The zero-order valence-electron chi connectivity index (χ0n) is 15.8. The normalized spacial score (nSPS) is 14.1. The molecule has 0 aliphatic carbocycles. The smallest absolute Gasteiger partial charge is 0.227 e. The molecule has 7 heteroatoms. The van der Waals surface area contributed by atoms with E-state index in [9.17, 15) is 9.18 Å². The molecule has 4 rings (SSSR count). The van der Waals surface area contributed by atoms with Crippen LogP contribution in [0.1, 0.15) is 5.56 Å². The van der Waals surface area contributed by atoms with Gasteiger partial charge in [-0.05, 0) is 42.0 Å². The summed E-state index contributed by atoms with van der Waals surface area (Å²) in [7, 11) is 0. The number of hydrogen-bond acceptors (Lipinski definition) is 4. The van der Waals surface area contributed by atoms with Crippen molar-refractivity contribution in [1.82, 2.24) is 14.9 Å². The number of anilines is 1. The topological polar surface area (TPSA) is 49.3 Å². The summed E-state index contributed by atoms with van der Waals surface area (Å²) in [6, 6.07) is 15.5. The van der Waals surface area contributed by atoms with Crippen molar-refractivity contribution in [3.05, 3.63) is 77.3 Å². The molecule has 1 aromatic heterocycles. The molecule has 0 radical (unpaired) electrons. The largest absolute Gasteiger partial charge is 0.353 e. The Hall–Kier alpha value is -2.99. The fraction of sp³-hybridized carbons (Fsp3) is 0.227. The van der Waals surface area contributed by atoms with Crippen LogP contribution in [0.4, 0.5) is 10.2 Å². The summed E-state index contributed by atoms with van der Waals surface area (Å²) in [6.45, 7) is 2.68. The monoisotopic (exact) mass is 410 g/mol. The van der Waals surface area contributed by atoms with E-state index in [1.54, 1.807) is 24.3 Å². The maximum absolute atomic E-state index is 13.2. The molecular weight excluding hydrogens is 391 g/mol. The van der Waals surface area contributed by atoms with Gasteiger partial charge in [0.15, 0.2) is 0 Å². The van der Waals surface area contributed by atoms with Gasteiger partial charge in [0, 0.05) is 42.8 Å². The molecule has 29 heavy (non-hydrogen) atoms. The molecular formula is C22H20ClFN4O. The number of hydrogen-bond donors (Lipinski definition) is 0. The quantitative estimate of drug-likeness (QED) is 0.656. The van der Waals surface area contributed by atoms with E-state index in [0.29, 0.717) is 37.6 Å². The molecule has 2 heterocycles. The van der Waals surface area contributed by atoms with Gasteiger partial charge in [0.25, 0.3) is 0 Å². The number of aromatic nitrogens is 2. The lowest BCUT2D eigenvalue weighted by Crippen LogP contribution is -2.49. The van der Waals surface area contributed by atoms with Crippen molar-refractivity contribution in [3.63, 3.8) is 0 Å². The predicted molar refractivity (Wildman–Crippen MR) is 111 cm³/mol. The van der Waals surface area contributed by atoms with Crippen molar-refractivity contribution in [2.75, 3.05) is 31.1 Å². The number of nitrogens with zero attached hydrogens (tertiary/aromatic N) is 4. The SMILES string of the molecule is O=C(Cc1ccc(Cl)cc1)N1CCN(c2cc(-c3ccc(F)cc3)ncn2)CC1. The molecule has 1 amide bonds. The number of piperazine rings is 1. The zero-order valence-corrected chi connectivity index (χ0v) is 16.5. The highest BCUT2D eigenvalue weighted by Gasteiger charge is 2.22. The molecule has 1 fully saturated rings. The number of halogens is 2. The van der Waals surface area contributed by atoms with Crippen LogP contribution in [-0.2, 0) is 11.2 Å². The van der Waals surface area contributed by atoms with Crippen LogP contribution in [0.5, 0.6) is 0 Å². The lowest BCUT2D eigenvalue weighted by molar-refractivity contribution is -0.130. The fourth-order valence-electron chi connectivity index (χ4n) is 3.37. The Kier molecular flexibility index (Phi) is 5.71. The maximum Gasteiger partial charge on any atom is 0.227 e. The molecule has 0 bridgehead atoms. The lowest BCUT2D eigenvalue weighted by atomic mass is 10.1. The Morgan fingerprint density at radius 2 is 1.66 bits per heavy atom. The average Bonchev–Trinajstić information content (AvgIpc) is 2.76. The second-order valence-corrected chi connectivity index (χ2v) is 7.38. The summed E-state index contributed by atoms with van der Waals surface area (Å²) in [5.41, 5.74) is 2.55. The second kappa shape index (κ2) is 8.57. The Balaban J connectivity index is 1.38. The molecule has 148 valence electrons. The Bertz CT molecular complexity index is 986. The minimum Gasteiger partial charge on any atom is -0.353 e. The molecule has 5 nitrogen and oxygen atoms in total. The van der Waals surface area contributed by atoms with Crippen LogP contribution in [-0.4, -0.2) is 47.0 Å². The first-order valence-corrected chi connectivity index (χ1v) is 9.81. The first-order valence-electron chi connectivity index (χ1n) is 9.44. The van der Waals surface area contributed by atoms with Crippen LogP contribution in [0.25, 0.3) is 11.3 Å². The van der Waals surface area contributed by atoms with E-state index in [1.165, 1.54) is 18.5 Å². The summed E-state index contributed by atoms with van der Waals surface area (Å²) in [5.74, 6) is 0.646. The van der Waals surface area contributed by atoms with E-state index in [0.717, 1.165) is 22.6 Å². The Morgan fingerprint density at radius 3 is 2.34 bits per heavy atom. The summed E-state index contributed by atoms with van der Waals surface area (Å²) in [5, 5.41) is 0.666. The van der Waals surface area contributed by atoms with E-state index < -0.39 is 0 Å². The van der Waals surface area contributed by atoms with E-state index in [4.69, 9.17) is 11.6 Å². The minimum atomic E-state index is -0.276. The number of carbonyl (C=O) groups is 1. The summed E-state index contributed by atoms with van der Waals surface area (Å²) in [4.78, 5) is 25.3. The van der Waals surface area contributed by atoms with Crippen LogP contribution in [0, 0.1) is 5.82 Å². The van der Waals surface area contributed by atoms with E-state index in [-0.39, 0.29) is 11.7 Å². The van der Waals surface area contributed by atoms with Gasteiger partial charge in [-0.1, -0.05) is 23.7 Å². The van der Waals surface area contributed by atoms with Crippen LogP contribution in [0.2, 0.25) is 5.02 Å². The van der Waals surface area contributed by atoms with Crippen molar-refractivity contribution in [2.45, 2.75) is 6.42 Å². The van der Waals surface area contributed by atoms with Gasteiger partial charge < -0.3 is 9.80 Å². The van der Waals surface area contributed by atoms with Crippen LogP contribution < -0.4 is 4.90 Å². The number of rotatable bonds is 4. The molecule has 2 aromatic carbocycles. The summed E-state index contributed by atoms with van der Waals surface area (Å²) < 4.78 is 13.2. The van der Waals surface area contributed by atoms with Gasteiger partial charge in [0.1, 0.15) is 18.0 Å². The van der Waals surface area contributed by atoms with Gasteiger partial charge in [-0.25, -0.2) is 14.4 Å². The van der Waals surface area contributed by atoms with E-state index in [1.807, 2.05) is 23.1 Å². The summed E-state index contributed by atoms with van der Waals surface area (Å²) >= 11 is 5.90. The van der Waals surface area contributed by atoms with Gasteiger partial charge >= 0.3 is 0 Å². The molecule has 0 unspecified atom stereocenters. The predicted octanol–water partition coefficient (Wildman–Crippen LogP) is 3.83. The van der Waals surface area contributed by atoms with E-state index in [2.05, 4.69) is 14.9 Å². The van der Waals surface area contributed by atoms with Gasteiger partial charge in [-0.3, -0.25) is 4.79 Å². The highest BCUT2D eigenvalue weighted by Crippen LogP contribution is 2.22. The standard InChI is InChI=1S/C22H20ClFN4O/c23-18-5-1-16(2-6-18)13-22(29)28-11-9-27(10-12-28)21-14-20(25-15-26-21)17-3-7-19(24)8-4-17/h1-8,14-15H,9-13H2. The highest BCUT2D eigenvalue weighted by molar-refractivity contribution is 6.30. The fourth-order valence-corrected chi connectivity index (χ4v) is 3.50. The van der Waals surface area contributed by atoms with Gasteiger partial charge in [-0.2, -0.15) is 0 Å². The van der Waals surface area contributed by atoms with Crippen molar-refractivity contribution in [1.29, 1.82) is 0 Å². The maximum atomic E-state index is 13.2. The van der Waals surface area contributed by atoms with Gasteiger partial charge in [0.05, 0.1) is 12.1 Å². The third-order valence-electron chi connectivity index (χ3n) is 5.02. The number of amides is 1. The number of benzene rings is 2. The van der Waals surface area contributed by atoms with Crippen molar-refractivity contribution >= 4 is 23.3 Å².